The van der Waals surface area contributed by atoms with Gasteiger partial charge < -0.3 is 14.6 Å². The molecule has 0 spiro atoms. The fourth-order valence-electron chi connectivity index (χ4n) is 2.12. The van der Waals surface area contributed by atoms with Crippen molar-refractivity contribution in [1.82, 2.24) is 0 Å². The van der Waals surface area contributed by atoms with E-state index in [2.05, 4.69) is 6.58 Å². The summed E-state index contributed by atoms with van der Waals surface area (Å²) in [6.07, 6.45) is 1.16. The average molecular weight is 312 g/mol. The van der Waals surface area contributed by atoms with Crippen LogP contribution < -0.4 is 4.74 Å². The van der Waals surface area contributed by atoms with Crippen LogP contribution in [0.1, 0.15) is 11.1 Å². The second kappa shape index (κ2) is 8.76. The van der Waals surface area contributed by atoms with Gasteiger partial charge in [-0.25, -0.2) is 4.79 Å². The van der Waals surface area contributed by atoms with Crippen LogP contribution in [0.3, 0.4) is 0 Å². The topological polar surface area (TPSA) is 55.8 Å². The summed E-state index contributed by atoms with van der Waals surface area (Å²) in [5, 5.41) is 9.20. The predicted octanol–water partition coefficient (Wildman–Crippen LogP) is 2.90. The molecule has 0 heterocycles. The van der Waals surface area contributed by atoms with Crippen molar-refractivity contribution in [2.24, 2.45) is 0 Å². The maximum Gasteiger partial charge on any atom is 0.347 e. The third-order valence-electron chi connectivity index (χ3n) is 3.23. The third kappa shape index (κ3) is 5.27. The van der Waals surface area contributed by atoms with Gasteiger partial charge >= 0.3 is 5.97 Å². The van der Waals surface area contributed by atoms with Crippen molar-refractivity contribution in [1.29, 1.82) is 0 Å². The van der Waals surface area contributed by atoms with Crippen molar-refractivity contribution < 1.29 is 19.4 Å². The molecule has 0 saturated heterocycles. The molecule has 0 aliphatic heterocycles. The van der Waals surface area contributed by atoms with Crippen LogP contribution in [-0.4, -0.2) is 23.8 Å². The number of aliphatic hydroxyl groups excluding tert-OH is 1. The van der Waals surface area contributed by atoms with E-state index in [4.69, 9.17) is 9.47 Å². The molecule has 1 N–H and O–H groups in total. The minimum absolute atomic E-state index is 0.0819. The molecule has 0 aromatic heterocycles. The van der Waals surface area contributed by atoms with E-state index < -0.39 is 12.1 Å². The monoisotopic (exact) mass is 312 g/mol. The lowest BCUT2D eigenvalue weighted by Crippen LogP contribution is -2.31. The number of benzene rings is 2. The molecule has 2 aromatic carbocycles. The zero-order valence-corrected chi connectivity index (χ0v) is 12.9. The molecule has 4 heteroatoms. The van der Waals surface area contributed by atoms with Gasteiger partial charge in [0, 0.05) is 6.42 Å². The van der Waals surface area contributed by atoms with Gasteiger partial charge in [0.1, 0.15) is 12.4 Å². The van der Waals surface area contributed by atoms with Crippen molar-refractivity contribution in [3.8, 4) is 5.75 Å². The van der Waals surface area contributed by atoms with Gasteiger partial charge in [-0.1, -0.05) is 55.1 Å². The van der Waals surface area contributed by atoms with Gasteiger partial charge in [0.15, 0.2) is 6.10 Å². The van der Waals surface area contributed by atoms with Crippen LogP contribution in [0.4, 0.5) is 0 Å². The zero-order valence-electron chi connectivity index (χ0n) is 12.9. The summed E-state index contributed by atoms with van der Waals surface area (Å²) in [6, 6.07) is 16.6. The molecule has 0 bridgehead atoms. The Hall–Kier alpha value is -2.59. The van der Waals surface area contributed by atoms with E-state index in [-0.39, 0.29) is 13.2 Å². The van der Waals surface area contributed by atoms with Crippen molar-refractivity contribution in [2.75, 3.05) is 6.61 Å². The van der Waals surface area contributed by atoms with E-state index in [0.717, 1.165) is 11.1 Å². The minimum Gasteiger partial charge on any atom is -0.478 e. The minimum atomic E-state index is -0.758. The van der Waals surface area contributed by atoms with Crippen LogP contribution in [0.5, 0.6) is 5.75 Å². The third-order valence-corrected chi connectivity index (χ3v) is 3.23. The molecule has 4 nitrogen and oxygen atoms in total. The highest BCUT2D eigenvalue weighted by molar-refractivity contribution is 5.75. The number of carbonyl (C=O) groups is 1. The van der Waals surface area contributed by atoms with Gasteiger partial charge in [-0.2, -0.15) is 0 Å². The summed E-state index contributed by atoms with van der Waals surface area (Å²) in [6.45, 7) is 3.60. The number of esters is 1. The Kier molecular flexibility index (Phi) is 6.39. The zero-order chi connectivity index (χ0) is 16.5. The first-order chi connectivity index (χ1) is 11.2. The Labute approximate surface area is 136 Å². The van der Waals surface area contributed by atoms with Crippen molar-refractivity contribution in [3.05, 3.63) is 78.4 Å². The Morgan fingerprint density at radius 2 is 1.87 bits per heavy atom. The van der Waals surface area contributed by atoms with Crippen LogP contribution in [0.25, 0.3) is 0 Å². The molecule has 0 radical (unpaired) electrons. The summed E-state index contributed by atoms with van der Waals surface area (Å²) in [7, 11) is 0. The standard InChI is InChI=1S/C19H20O4/c1-2-11-22-19(21)18(13-15-7-4-3-5-8-15)23-17-10-6-9-16(12-17)14-20/h2-10,12,18,20H,1,11,13-14H2. The molecular weight excluding hydrogens is 292 g/mol. The number of aliphatic hydroxyl groups is 1. The van der Waals surface area contributed by atoms with Crippen LogP contribution in [0.2, 0.25) is 0 Å². The fourth-order valence-corrected chi connectivity index (χ4v) is 2.12. The van der Waals surface area contributed by atoms with E-state index in [0.29, 0.717) is 12.2 Å². The molecule has 1 atom stereocenters. The normalized spacial score (nSPS) is 11.5. The molecule has 0 aliphatic rings. The Morgan fingerprint density at radius 1 is 1.13 bits per heavy atom. The quantitative estimate of drug-likeness (QED) is 0.601. The largest absolute Gasteiger partial charge is 0.478 e. The van der Waals surface area contributed by atoms with E-state index in [1.807, 2.05) is 30.3 Å². The number of rotatable bonds is 8. The fraction of sp³-hybridized carbons (Fsp3) is 0.211. The summed E-state index contributed by atoms with van der Waals surface area (Å²) < 4.78 is 10.9. The van der Waals surface area contributed by atoms with Gasteiger partial charge in [-0.05, 0) is 23.3 Å². The SMILES string of the molecule is C=CCOC(=O)C(Cc1ccccc1)Oc1cccc(CO)c1. The Morgan fingerprint density at radius 3 is 2.57 bits per heavy atom. The molecule has 23 heavy (non-hydrogen) atoms. The van der Waals surface area contributed by atoms with Crippen LogP contribution >= 0.6 is 0 Å². The molecule has 1 unspecified atom stereocenters. The second-order valence-corrected chi connectivity index (χ2v) is 5.02. The molecule has 0 saturated carbocycles. The Balaban J connectivity index is 2.14. The highest BCUT2D eigenvalue weighted by Gasteiger charge is 2.22. The van der Waals surface area contributed by atoms with Gasteiger partial charge in [-0.3, -0.25) is 0 Å². The molecule has 120 valence electrons. The molecule has 2 aromatic rings. The maximum absolute atomic E-state index is 12.2. The highest BCUT2D eigenvalue weighted by atomic mass is 16.6. The van der Waals surface area contributed by atoms with Crippen molar-refractivity contribution >= 4 is 5.97 Å². The molecule has 2 rings (SSSR count). The lowest BCUT2D eigenvalue weighted by Gasteiger charge is -2.18. The van der Waals surface area contributed by atoms with E-state index >= 15 is 0 Å². The van der Waals surface area contributed by atoms with E-state index in [1.165, 1.54) is 6.08 Å². The first-order valence-electron chi connectivity index (χ1n) is 7.41. The van der Waals surface area contributed by atoms with E-state index in [1.54, 1.807) is 24.3 Å². The second-order valence-electron chi connectivity index (χ2n) is 5.02. The molecule has 0 fully saturated rings. The summed E-state index contributed by atoms with van der Waals surface area (Å²) >= 11 is 0. The van der Waals surface area contributed by atoms with Crippen LogP contribution in [0.15, 0.2) is 67.3 Å². The number of ether oxygens (including phenoxy) is 2. The van der Waals surface area contributed by atoms with Gasteiger partial charge in [0.25, 0.3) is 0 Å². The lowest BCUT2D eigenvalue weighted by atomic mass is 10.1. The number of hydrogen-bond acceptors (Lipinski definition) is 4. The smallest absolute Gasteiger partial charge is 0.347 e. The van der Waals surface area contributed by atoms with Crippen molar-refractivity contribution in [2.45, 2.75) is 19.1 Å². The average Bonchev–Trinajstić information content (AvgIpc) is 2.60. The summed E-state index contributed by atoms with van der Waals surface area (Å²) in [5.41, 5.74) is 1.70. The van der Waals surface area contributed by atoms with Crippen LogP contribution in [0, 0.1) is 0 Å². The number of hydrogen-bond donors (Lipinski definition) is 1. The van der Waals surface area contributed by atoms with E-state index in [9.17, 15) is 9.90 Å². The predicted molar refractivity (Wildman–Crippen MR) is 88.1 cm³/mol. The Bertz CT molecular complexity index is 637. The molecular formula is C19H20O4. The van der Waals surface area contributed by atoms with Crippen LogP contribution in [-0.2, 0) is 22.6 Å². The summed E-state index contributed by atoms with van der Waals surface area (Å²) in [4.78, 5) is 12.2. The lowest BCUT2D eigenvalue weighted by molar-refractivity contribution is -0.150. The first-order valence-corrected chi connectivity index (χ1v) is 7.41. The molecule has 0 amide bonds. The van der Waals surface area contributed by atoms with Gasteiger partial charge in [0.2, 0.25) is 0 Å². The van der Waals surface area contributed by atoms with Crippen molar-refractivity contribution in [3.63, 3.8) is 0 Å². The first kappa shape index (κ1) is 16.8. The summed E-state index contributed by atoms with van der Waals surface area (Å²) in [5.74, 6) is 0.0798. The highest BCUT2D eigenvalue weighted by Crippen LogP contribution is 2.17. The van der Waals surface area contributed by atoms with Gasteiger partial charge in [0.05, 0.1) is 6.61 Å². The number of carbonyl (C=O) groups excluding carboxylic acids is 1. The van der Waals surface area contributed by atoms with Gasteiger partial charge in [-0.15, -0.1) is 0 Å². The maximum atomic E-state index is 12.2. The molecule has 0 aliphatic carbocycles.